The largest absolute Gasteiger partial charge is 0.379 e. The lowest BCUT2D eigenvalue weighted by molar-refractivity contribution is 0.0435. The van der Waals surface area contributed by atoms with Crippen molar-refractivity contribution in [1.29, 1.82) is 0 Å². The lowest BCUT2D eigenvalue weighted by Gasteiger charge is -2.25. The van der Waals surface area contributed by atoms with Crippen molar-refractivity contribution in [3.63, 3.8) is 0 Å². The molecule has 1 aromatic carbocycles. The van der Waals surface area contributed by atoms with Crippen molar-refractivity contribution in [3.05, 3.63) is 65.6 Å². The number of benzene rings is 1. The second-order valence-corrected chi connectivity index (χ2v) is 8.65. The number of morpholine rings is 1. The van der Waals surface area contributed by atoms with Crippen LogP contribution < -0.4 is 15.1 Å². The van der Waals surface area contributed by atoms with Gasteiger partial charge in [-0.3, -0.25) is 14.7 Å². The third-order valence-electron chi connectivity index (χ3n) is 6.29. The third-order valence-corrected chi connectivity index (χ3v) is 6.29. The van der Waals surface area contributed by atoms with Crippen LogP contribution in [0.15, 0.2) is 48.7 Å². The molecule has 1 amide bonds. The summed E-state index contributed by atoms with van der Waals surface area (Å²) in [7, 11) is 3.68. The van der Waals surface area contributed by atoms with E-state index in [4.69, 9.17) is 9.72 Å². The lowest BCUT2D eigenvalue weighted by Crippen LogP contribution is -2.36. The van der Waals surface area contributed by atoms with Crippen LogP contribution in [0.4, 0.5) is 28.8 Å². The van der Waals surface area contributed by atoms with Crippen LogP contribution in [-0.4, -0.2) is 72.7 Å². The van der Waals surface area contributed by atoms with Crippen LogP contribution in [0.25, 0.3) is 6.08 Å². The van der Waals surface area contributed by atoms with E-state index in [1.807, 2.05) is 61.3 Å². The molecule has 0 radical (unpaired) electrons. The molecule has 2 aromatic heterocycles. The predicted octanol–water partition coefficient (Wildman–Crippen LogP) is 3.63. The van der Waals surface area contributed by atoms with E-state index in [0.29, 0.717) is 28.7 Å². The summed E-state index contributed by atoms with van der Waals surface area (Å²) in [5.74, 6) is 1.05. The normalized spacial score (nSPS) is 16.3. The molecule has 2 aliphatic heterocycles. The molecule has 0 spiro atoms. The minimum absolute atomic E-state index is 0.0822. The number of para-hydroxylation sites is 1. The fourth-order valence-electron chi connectivity index (χ4n) is 4.43. The molecule has 4 heterocycles. The molecule has 2 aliphatic rings. The quantitative estimate of drug-likeness (QED) is 0.604. The molecule has 5 rings (SSSR count). The van der Waals surface area contributed by atoms with E-state index in [-0.39, 0.29) is 5.91 Å². The number of nitrogens with one attached hydrogen (secondary N) is 1. The van der Waals surface area contributed by atoms with Crippen molar-refractivity contribution in [2.75, 3.05) is 62.1 Å². The Hall–Kier alpha value is -3.82. The average Bonchev–Trinajstić information content (AvgIpc) is 2.95. The number of anilines is 5. The van der Waals surface area contributed by atoms with Crippen LogP contribution in [0.2, 0.25) is 0 Å². The molecule has 180 valence electrons. The highest BCUT2D eigenvalue weighted by atomic mass is 16.5. The van der Waals surface area contributed by atoms with E-state index in [0.717, 1.165) is 49.9 Å². The van der Waals surface area contributed by atoms with E-state index in [2.05, 4.69) is 26.3 Å². The Balaban J connectivity index is 1.39. The van der Waals surface area contributed by atoms with Crippen molar-refractivity contribution in [3.8, 4) is 0 Å². The molecule has 0 unspecified atom stereocenters. The van der Waals surface area contributed by atoms with E-state index in [9.17, 15) is 4.79 Å². The van der Waals surface area contributed by atoms with Crippen LogP contribution in [0.5, 0.6) is 0 Å². The van der Waals surface area contributed by atoms with Crippen molar-refractivity contribution >= 4 is 40.8 Å². The number of aromatic nitrogens is 3. The molecule has 1 N–H and O–H groups in total. The van der Waals surface area contributed by atoms with E-state index in [1.54, 1.807) is 18.1 Å². The Kier molecular flexibility index (Phi) is 6.43. The zero-order valence-electron chi connectivity index (χ0n) is 20.2. The highest BCUT2D eigenvalue weighted by Crippen LogP contribution is 2.39. The van der Waals surface area contributed by atoms with Crippen molar-refractivity contribution < 1.29 is 9.53 Å². The molecule has 9 nitrogen and oxygen atoms in total. The molecule has 1 saturated heterocycles. The summed E-state index contributed by atoms with van der Waals surface area (Å²) < 4.78 is 5.40. The molecular formula is C26H29N7O2. The number of ether oxygens (including phenoxy) is 1. The maximum atomic E-state index is 13.1. The van der Waals surface area contributed by atoms with Crippen LogP contribution in [0, 0.1) is 6.92 Å². The molecule has 0 bridgehead atoms. The summed E-state index contributed by atoms with van der Waals surface area (Å²) in [6.07, 6.45) is 5.91. The Morgan fingerprint density at radius 3 is 2.71 bits per heavy atom. The monoisotopic (exact) mass is 471 g/mol. The molecule has 9 heteroatoms. The number of carbonyl (C=O) groups is 1. The number of nitrogens with zero attached hydrogens (tertiary/aromatic N) is 6. The zero-order chi connectivity index (χ0) is 24.4. The Bertz CT molecular complexity index is 1270. The summed E-state index contributed by atoms with van der Waals surface area (Å²) in [5, 5.41) is 3.31. The standard InChI is InChI=1S/C26H29N7O2/c1-18-23-24(31(2)22-9-5-4-8-21(22)25(34)32(23)3)30-26(28-18)29-20-10-11-27-19(17-20)7-6-12-33-13-15-35-16-14-33/h4-11,17H,12-16H2,1-3H3,(H,27,28,29,30)/b7-6+. The van der Waals surface area contributed by atoms with Crippen LogP contribution >= 0.6 is 0 Å². The topological polar surface area (TPSA) is 86.7 Å². The van der Waals surface area contributed by atoms with Gasteiger partial charge in [0.25, 0.3) is 5.91 Å². The average molecular weight is 472 g/mol. The van der Waals surface area contributed by atoms with Gasteiger partial charge < -0.3 is 19.9 Å². The van der Waals surface area contributed by atoms with Gasteiger partial charge in [-0.2, -0.15) is 4.98 Å². The Labute approximate surface area is 205 Å². The van der Waals surface area contributed by atoms with Gasteiger partial charge in [0.1, 0.15) is 5.69 Å². The second-order valence-electron chi connectivity index (χ2n) is 8.65. The fraction of sp³-hybridized carbons (Fsp3) is 0.308. The van der Waals surface area contributed by atoms with E-state index in [1.165, 1.54) is 0 Å². The van der Waals surface area contributed by atoms with Gasteiger partial charge in [-0.15, -0.1) is 0 Å². The molecule has 1 fully saturated rings. The van der Waals surface area contributed by atoms with Crippen LogP contribution in [0.1, 0.15) is 21.7 Å². The van der Waals surface area contributed by atoms with Crippen LogP contribution in [0.3, 0.4) is 0 Å². The zero-order valence-corrected chi connectivity index (χ0v) is 20.2. The molecule has 0 atom stereocenters. The van der Waals surface area contributed by atoms with Crippen LogP contribution in [-0.2, 0) is 4.74 Å². The van der Waals surface area contributed by atoms with Crippen molar-refractivity contribution in [2.45, 2.75) is 6.92 Å². The maximum Gasteiger partial charge on any atom is 0.260 e. The summed E-state index contributed by atoms with van der Waals surface area (Å²) in [6.45, 7) is 6.25. The first-order valence-corrected chi connectivity index (χ1v) is 11.7. The second kappa shape index (κ2) is 9.81. The Morgan fingerprint density at radius 2 is 1.89 bits per heavy atom. The summed E-state index contributed by atoms with van der Waals surface area (Å²) >= 11 is 0. The number of hydrogen-bond donors (Lipinski definition) is 1. The van der Waals surface area contributed by atoms with Gasteiger partial charge in [0.15, 0.2) is 5.82 Å². The first kappa shape index (κ1) is 22.9. The first-order valence-electron chi connectivity index (χ1n) is 11.7. The van der Waals surface area contributed by atoms with Gasteiger partial charge in [-0.05, 0) is 37.3 Å². The van der Waals surface area contributed by atoms with E-state index >= 15 is 0 Å². The smallest absolute Gasteiger partial charge is 0.260 e. The number of pyridine rings is 1. The number of amides is 1. The van der Waals surface area contributed by atoms with Gasteiger partial charge in [-0.25, -0.2) is 4.98 Å². The van der Waals surface area contributed by atoms with Gasteiger partial charge >= 0.3 is 0 Å². The highest BCUT2D eigenvalue weighted by molar-refractivity contribution is 6.13. The molecule has 35 heavy (non-hydrogen) atoms. The highest BCUT2D eigenvalue weighted by Gasteiger charge is 2.30. The molecule has 3 aromatic rings. The minimum Gasteiger partial charge on any atom is -0.379 e. The van der Waals surface area contributed by atoms with Crippen molar-refractivity contribution in [2.24, 2.45) is 0 Å². The number of aryl methyl sites for hydroxylation is 1. The van der Waals surface area contributed by atoms with E-state index < -0.39 is 0 Å². The summed E-state index contributed by atoms with van der Waals surface area (Å²) in [4.78, 5) is 32.9. The number of carbonyl (C=O) groups excluding carboxylic acids is 1. The van der Waals surface area contributed by atoms with Gasteiger partial charge in [-0.1, -0.05) is 18.2 Å². The number of fused-ring (bicyclic) bond motifs is 2. The first-order chi connectivity index (χ1) is 17.0. The summed E-state index contributed by atoms with van der Waals surface area (Å²) in [6, 6.07) is 11.4. The third kappa shape index (κ3) is 4.73. The van der Waals surface area contributed by atoms with Gasteiger partial charge in [0.2, 0.25) is 5.95 Å². The molecule has 0 saturated carbocycles. The lowest BCUT2D eigenvalue weighted by atomic mass is 10.1. The van der Waals surface area contributed by atoms with Gasteiger partial charge in [0, 0.05) is 45.6 Å². The maximum absolute atomic E-state index is 13.1. The SMILES string of the molecule is Cc1nc(Nc2ccnc(/C=C/CN3CCOCC3)c2)nc2c1N(C)C(=O)c1ccccc1N2C. The Morgan fingerprint density at radius 1 is 1.09 bits per heavy atom. The fourth-order valence-corrected chi connectivity index (χ4v) is 4.43. The minimum atomic E-state index is -0.0822. The molecular weight excluding hydrogens is 442 g/mol. The number of rotatable bonds is 5. The van der Waals surface area contributed by atoms with Crippen molar-refractivity contribution in [1.82, 2.24) is 19.9 Å². The number of hydrogen-bond acceptors (Lipinski definition) is 8. The summed E-state index contributed by atoms with van der Waals surface area (Å²) in [5.41, 5.74) is 4.54. The van der Waals surface area contributed by atoms with Gasteiger partial charge in [0.05, 0.1) is 35.9 Å². The molecule has 0 aliphatic carbocycles. The predicted molar refractivity (Wildman–Crippen MR) is 138 cm³/mol.